The van der Waals surface area contributed by atoms with Gasteiger partial charge >= 0.3 is 39.5 Å². The molecule has 7 atom stereocenters. The first kappa shape index (κ1) is 101. The zero-order valence-electron chi connectivity index (χ0n) is 67.6. The van der Waals surface area contributed by atoms with Gasteiger partial charge in [-0.25, -0.2) is 9.13 Å². The highest BCUT2D eigenvalue weighted by atomic mass is 31.2. The summed E-state index contributed by atoms with van der Waals surface area (Å²) in [6.45, 7) is 9.72. The SMILES string of the molecule is CCCCCCCCCCCCCCCCCCCC(=O)OC[C@H](COP(=O)(O)OC[C@@H](O)COP(=O)(O)OC[C@@H](COC(=O)CCCCCCCCCCC(C)CC)OC(=O)CCCCCCCCCCCCCCCCCC)OC(=O)CCCCCCCCCCCCCCCCC(C)CC. The average molecular weight is 1510 g/mol. The van der Waals surface area contributed by atoms with E-state index in [4.69, 9.17) is 37.0 Å². The lowest BCUT2D eigenvalue weighted by Crippen LogP contribution is -2.30. The van der Waals surface area contributed by atoms with Gasteiger partial charge in [-0.05, 0) is 37.5 Å². The van der Waals surface area contributed by atoms with E-state index in [9.17, 15) is 43.2 Å². The third-order valence-corrected chi connectivity index (χ3v) is 22.3. The van der Waals surface area contributed by atoms with E-state index in [-0.39, 0.29) is 25.7 Å². The summed E-state index contributed by atoms with van der Waals surface area (Å²) in [6, 6.07) is 0. The quantitative estimate of drug-likeness (QED) is 0.0222. The van der Waals surface area contributed by atoms with Crippen LogP contribution >= 0.6 is 15.6 Å². The van der Waals surface area contributed by atoms with Crippen molar-refractivity contribution in [3.63, 3.8) is 0 Å². The number of carbonyl (C=O) groups excluding carboxylic acids is 4. The highest BCUT2D eigenvalue weighted by Gasteiger charge is 2.30. The van der Waals surface area contributed by atoms with Crippen molar-refractivity contribution in [1.29, 1.82) is 0 Å². The van der Waals surface area contributed by atoms with Crippen molar-refractivity contribution in [2.45, 2.75) is 464 Å². The smallest absolute Gasteiger partial charge is 0.462 e. The van der Waals surface area contributed by atoms with Gasteiger partial charge in [0.1, 0.15) is 19.3 Å². The van der Waals surface area contributed by atoms with Gasteiger partial charge in [0.05, 0.1) is 26.4 Å². The first-order valence-corrected chi connectivity index (χ1v) is 46.6. The van der Waals surface area contributed by atoms with Gasteiger partial charge in [-0.15, -0.1) is 0 Å². The minimum absolute atomic E-state index is 0.108. The number of hydrogen-bond acceptors (Lipinski definition) is 15. The second kappa shape index (κ2) is 75.5. The molecule has 0 spiro atoms. The molecule has 0 radical (unpaired) electrons. The number of aliphatic hydroxyl groups is 1. The Bertz CT molecular complexity index is 1980. The summed E-state index contributed by atoms with van der Waals surface area (Å²) < 4.78 is 68.9. The van der Waals surface area contributed by atoms with Gasteiger partial charge < -0.3 is 33.8 Å². The first-order valence-electron chi connectivity index (χ1n) is 43.6. The second-order valence-corrected chi connectivity index (χ2v) is 33.6. The molecule has 0 saturated heterocycles. The molecular formula is C84H164O17P2. The fourth-order valence-electron chi connectivity index (χ4n) is 13.0. The molecule has 0 aliphatic carbocycles. The fourth-order valence-corrected chi connectivity index (χ4v) is 14.6. The molecule has 0 aromatic carbocycles. The molecule has 0 aromatic rings. The maximum absolute atomic E-state index is 13.1. The summed E-state index contributed by atoms with van der Waals surface area (Å²) in [6.07, 6.45) is 66.4. The van der Waals surface area contributed by atoms with Crippen LogP contribution in [0.15, 0.2) is 0 Å². The minimum Gasteiger partial charge on any atom is -0.462 e. The van der Waals surface area contributed by atoms with Crippen molar-refractivity contribution < 1.29 is 80.2 Å². The predicted octanol–water partition coefficient (Wildman–Crippen LogP) is 25.5. The molecule has 0 aliphatic rings. The van der Waals surface area contributed by atoms with Gasteiger partial charge in [-0.1, -0.05) is 395 Å². The van der Waals surface area contributed by atoms with Gasteiger partial charge in [-0.2, -0.15) is 0 Å². The fraction of sp³-hybridized carbons (Fsp3) is 0.952. The van der Waals surface area contributed by atoms with Crippen LogP contribution in [0.5, 0.6) is 0 Å². The summed E-state index contributed by atoms with van der Waals surface area (Å²) in [5.74, 6) is -0.479. The van der Waals surface area contributed by atoms with Gasteiger partial charge in [0.2, 0.25) is 0 Å². The molecule has 612 valence electrons. The zero-order chi connectivity index (χ0) is 75.6. The Hall–Kier alpha value is -1.94. The average Bonchev–Trinajstić information content (AvgIpc) is 1.42. The number of phosphoric ester groups is 2. The van der Waals surface area contributed by atoms with Gasteiger partial charge in [0, 0.05) is 25.7 Å². The Labute approximate surface area is 632 Å². The van der Waals surface area contributed by atoms with Gasteiger partial charge in [0.15, 0.2) is 12.2 Å². The minimum atomic E-state index is -4.96. The molecular weight excluding hydrogens is 1340 g/mol. The number of unbranched alkanes of at least 4 members (excludes halogenated alkanes) is 51. The van der Waals surface area contributed by atoms with Crippen LogP contribution in [0.1, 0.15) is 446 Å². The molecule has 103 heavy (non-hydrogen) atoms. The number of carbonyl (C=O) groups is 4. The largest absolute Gasteiger partial charge is 0.472 e. The van der Waals surface area contributed by atoms with E-state index in [1.54, 1.807) is 0 Å². The molecule has 0 heterocycles. The molecule has 0 rings (SSSR count). The lowest BCUT2D eigenvalue weighted by Gasteiger charge is -2.21. The van der Waals surface area contributed by atoms with Gasteiger partial charge in [-0.3, -0.25) is 37.3 Å². The lowest BCUT2D eigenvalue weighted by molar-refractivity contribution is -0.161. The zero-order valence-corrected chi connectivity index (χ0v) is 69.4. The molecule has 19 heteroatoms. The Morgan fingerprint density at radius 2 is 0.466 bits per heavy atom. The van der Waals surface area contributed by atoms with Crippen LogP contribution in [0.3, 0.4) is 0 Å². The third kappa shape index (κ3) is 75.3. The van der Waals surface area contributed by atoms with Crippen molar-refractivity contribution >= 4 is 39.5 Å². The molecule has 0 saturated carbocycles. The molecule has 0 aliphatic heterocycles. The Morgan fingerprint density at radius 1 is 0.272 bits per heavy atom. The molecule has 0 fully saturated rings. The summed E-state index contributed by atoms with van der Waals surface area (Å²) >= 11 is 0. The van der Waals surface area contributed by atoms with Crippen LogP contribution in [-0.2, 0) is 65.4 Å². The molecule has 4 unspecified atom stereocenters. The van der Waals surface area contributed by atoms with E-state index < -0.39 is 97.5 Å². The summed E-state index contributed by atoms with van der Waals surface area (Å²) in [4.78, 5) is 73.2. The Kier molecular flexibility index (Phi) is 74.1. The molecule has 17 nitrogen and oxygen atoms in total. The van der Waals surface area contributed by atoms with Crippen LogP contribution in [0.2, 0.25) is 0 Å². The third-order valence-electron chi connectivity index (χ3n) is 20.4. The van der Waals surface area contributed by atoms with Crippen molar-refractivity contribution in [1.82, 2.24) is 0 Å². The standard InChI is InChI=1S/C84H164O17P2/c1-7-11-13-15-17-19-21-23-25-27-29-33-37-41-48-54-60-66-81(86)94-72-79(100-83(88)69-63-57-51-43-39-35-31-30-32-36-40-46-52-58-64-76(5)9-3)74-98-102(90,91)96-70-78(85)71-97-103(92,93)99-75-80(73-95-82(87)67-61-55-49-45-44-47-53-59-65-77(6)10-4)101-84(89)68-62-56-50-42-38-34-28-26-24-22-20-18-16-14-12-8-2/h76-80,85H,7-75H2,1-6H3,(H,90,91)(H,92,93)/t76?,77?,78-,79-,80-/m1/s1. The number of phosphoric acid groups is 2. The summed E-state index contributed by atoms with van der Waals surface area (Å²) in [5, 5.41) is 10.7. The Balaban J connectivity index is 5.27. The number of hydrogen-bond donors (Lipinski definition) is 3. The maximum Gasteiger partial charge on any atom is 0.472 e. The Morgan fingerprint density at radius 3 is 0.689 bits per heavy atom. The predicted molar refractivity (Wildman–Crippen MR) is 423 cm³/mol. The number of esters is 4. The van der Waals surface area contributed by atoms with E-state index in [0.29, 0.717) is 25.7 Å². The van der Waals surface area contributed by atoms with Gasteiger partial charge in [0.25, 0.3) is 0 Å². The highest BCUT2D eigenvalue weighted by molar-refractivity contribution is 7.47. The monoisotopic (exact) mass is 1510 g/mol. The van der Waals surface area contributed by atoms with E-state index in [0.717, 1.165) is 102 Å². The second-order valence-electron chi connectivity index (χ2n) is 30.7. The molecule has 3 N–H and O–H groups in total. The number of rotatable bonds is 83. The van der Waals surface area contributed by atoms with E-state index in [1.807, 2.05) is 0 Å². The van der Waals surface area contributed by atoms with Crippen molar-refractivity contribution in [2.75, 3.05) is 39.6 Å². The highest BCUT2D eigenvalue weighted by Crippen LogP contribution is 2.45. The van der Waals surface area contributed by atoms with E-state index >= 15 is 0 Å². The molecule has 0 aromatic heterocycles. The lowest BCUT2D eigenvalue weighted by atomic mass is 9.99. The normalized spacial score (nSPS) is 14.4. The number of aliphatic hydroxyl groups excluding tert-OH is 1. The van der Waals surface area contributed by atoms with E-state index in [1.165, 1.54) is 263 Å². The number of ether oxygens (including phenoxy) is 4. The molecule has 0 bridgehead atoms. The van der Waals surface area contributed by atoms with Crippen LogP contribution in [0, 0.1) is 11.8 Å². The first-order chi connectivity index (χ1) is 49.9. The van der Waals surface area contributed by atoms with Crippen LogP contribution < -0.4 is 0 Å². The van der Waals surface area contributed by atoms with Crippen molar-refractivity contribution in [3.05, 3.63) is 0 Å². The summed E-state index contributed by atoms with van der Waals surface area (Å²) in [7, 11) is -9.93. The molecule has 0 amide bonds. The van der Waals surface area contributed by atoms with Crippen LogP contribution in [0.25, 0.3) is 0 Å². The van der Waals surface area contributed by atoms with Crippen LogP contribution in [0.4, 0.5) is 0 Å². The van der Waals surface area contributed by atoms with Crippen molar-refractivity contribution in [3.8, 4) is 0 Å². The van der Waals surface area contributed by atoms with Crippen LogP contribution in [-0.4, -0.2) is 96.7 Å². The van der Waals surface area contributed by atoms with Crippen molar-refractivity contribution in [2.24, 2.45) is 11.8 Å². The maximum atomic E-state index is 13.1. The summed E-state index contributed by atoms with van der Waals surface area (Å²) in [5.41, 5.74) is 0. The van der Waals surface area contributed by atoms with E-state index in [2.05, 4.69) is 41.5 Å². The topological polar surface area (TPSA) is 237 Å².